The van der Waals surface area contributed by atoms with E-state index in [9.17, 15) is 23.2 Å². The predicted molar refractivity (Wildman–Crippen MR) is 127 cm³/mol. The van der Waals surface area contributed by atoms with Gasteiger partial charge in [0.05, 0.1) is 5.56 Å². The van der Waals surface area contributed by atoms with Gasteiger partial charge in [-0.3, -0.25) is 19.4 Å². The quantitative estimate of drug-likeness (QED) is 0.575. The minimum atomic E-state index is -0.651. The van der Waals surface area contributed by atoms with Crippen LogP contribution in [0.5, 0.6) is 0 Å². The number of aromatic nitrogens is 1. The maximum Gasteiger partial charge on any atom is 0.255 e. The minimum Gasteiger partial charge on any atom is -0.349 e. The molecule has 0 spiro atoms. The number of carbonyl (C=O) groups excluding carboxylic acids is 3. The summed E-state index contributed by atoms with van der Waals surface area (Å²) in [4.78, 5) is 46.4. The summed E-state index contributed by atoms with van der Waals surface area (Å²) in [6, 6.07) is 6.49. The Morgan fingerprint density at radius 3 is 2.40 bits per heavy atom. The standard InChI is InChI=1S/C26H32F2N4O3/c1-30(2)24(33)8-9-25(34)32-13-10-18(11-14-32)23(15-19-6-7-21(27)16-22(19)28)31(3)26(35)20-5-4-12-29-17-20/h4-7,12,16-18,23H,8-11,13-15H2,1-3H3/t23-/m0/s1. The molecule has 0 aliphatic carbocycles. The minimum absolute atomic E-state index is 0.0116. The van der Waals surface area contributed by atoms with Gasteiger partial charge in [-0.1, -0.05) is 6.07 Å². The van der Waals surface area contributed by atoms with Gasteiger partial charge in [-0.05, 0) is 48.9 Å². The second kappa shape index (κ2) is 11.9. The molecule has 2 heterocycles. The van der Waals surface area contributed by atoms with Crippen LogP contribution in [0.4, 0.5) is 8.78 Å². The molecule has 188 valence electrons. The Bertz CT molecular complexity index is 1040. The number of hydrogen-bond acceptors (Lipinski definition) is 4. The molecule has 9 heteroatoms. The lowest BCUT2D eigenvalue weighted by Crippen LogP contribution is -2.48. The van der Waals surface area contributed by atoms with E-state index >= 15 is 0 Å². The Balaban J connectivity index is 1.72. The summed E-state index contributed by atoms with van der Waals surface area (Å²) < 4.78 is 28.0. The molecule has 0 bridgehead atoms. The van der Waals surface area contributed by atoms with E-state index in [0.717, 1.165) is 6.07 Å². The third-order valence-electron chi connectivity index (χ3n) is 6.66. The first-order valence-electron chi connectivity index (χ1n) is 11.8. The molecule has 3 rings (SSSR count). The smallest absolute Gasteiger partial charge is 0.255 e. The molecular formula is C26H32F2N4O3. The van der Waals surface area contributed by atoms with Gasteiger partial charge in [-0.15, -0.1) is 0 Å². The first-order chi connectivity index (χ1) is 16.7. The molecule has 3 amide bonds. The second-order valence-electron chi connectivity index (χ2n) is 9.17. The Hall–Kier alpha value is -3.36. The van der Waals surface area contributed by atoms with Crippen LogP contribution in [0.2, 0.25) is 0 Å². The van der Waals surface area contributed by atoms with Crippen molar-refractivity contribution in [1.82, 2.24) is 19.7 Å². The van der Waals surface area contributed by atoms with Crippen molar-refractivity contribution >= 4 is 17.7 Å². The van der Waals surface area contributed by atoms with E-state index in [0.29, 0.717) is 37.1 Å². The van der Waals surface area contributed by atoms with Crippen LogP contribution in [-0.2, 0) is 16.0 Å². The highest BCUT2D eigenvalue weighted by molar-refractivity contribution is 5.94. The number of piperidine rings is 1. The topological polar surface area (TPSA) is 73.8 Å². The Labute approximate surface area is 204 Å². The van der Waals surface area contributed by atoms with Crippen molar-refractivity contribution in [1.29, 1.82) is 0 Å². The fraction of sp³-hybridized carbons (Fsp3) is 0.462. The Morgan fingerprint density at radius 1 is 1.09 bits per heavy atom. The van der Waals surface area contributed by atoms with Crippen LogP contribution in [0, 0.1) is 17.6 Å². The number of hydrogen-bond donors (Lipinski definition) is 0. The molecule has 7 nitrogen and oxygen atoms in total. The Kier molecular flexibility index (Phi) is 8.89. The number of nitrogens with zero attached hydrogens (tertiary/aromatic N) is 4. The van der Waals surface area contributed by atoms with Crippen molar-refractivity contribution in [3.63, 3.8) is 0 Å². The SMILES string of the molecule is CN(C)C(=O)CCC(=O)N1CCC([C@H](Cc2ccc(F)cc2F)N(C)C(=O)c2cccnc2)CC1. The highest BCUT2D eigenvalue weighted by atomic mass is 19.1. The molecule has 2 aromatic rings. The Morgan fingerprint density at radius 2 is 1.80 bits per heavy atom. The monoisotopic (exact) mass is 486 g/mol. The predicted octanol–water partition coefficient (Wildman–Crippen LogP) is 3.15. The molecule has 1 aromatic carbocycles. The molecule has 1 atom stereocenters. The summed E-state index contributed by atoms with van der Waals surface area (Å²) >= 11 is 0. The summed E-state index contributed by atoms with van der Waals surface area (Å²) in [5.41, 5.74) is 0.765. The summed E-state index contributed by atoms with van der Waals surface area (Å²) in [6.45, 7) is 0.994. The molecule has 0 N–H and O–H groups in total. The van der Waals surface area contributed by atoms with Crippen LogP contribution in [-0.4, -0.2) is 77.7 Å². The van der Waals surface area contributed by atoms with Gasteiger partial charge in [0, 0.05) is 71.6 Å². The molecule has 1 aromatic heterocycles. The molecule has 0 saturated carbocycles. The first-order valence-corrected chi connectivity index (χ1v) is 11.8. The van der Waals surface area contributed by atoms with Gasteiger partial charge in [0.25, 0.3) is 5.91 Å². The average molecular weight is 487 g/mol. The highest BCUT2D eigenvalue weighted by Crippen LogP contribution is 2.28. The number of benzene rings is 1. The van der Waals surface area contributed by atoms with Crippen molar-refractivity contribution in [2.45, 2.75) is 38.1 Å². The molecule has 0 radical (unpaired) electrons. The van der Waals surface area contributed by atoms with Gasteiger partial charge < -0.3 is 14.7 Å². The zero-order valence-corrected chi connectivity index (χ0v) is 20.4. The fourth-order valence-electron chi connectivity index (χ4n) is 4.51. The van der Waals surface area contributed by atoms with Crippen molar-refractivity contribution in [2.24, 2.45) is 5.92 Å². The van der Waals surface area contributed by atoms with Gasteiger partial charge >= 0.3 is 0 Å². The van der Waals surface area contributed by atoms with Gasteiger partial charge in [-0.2, -0.15) is 0 Å². The maximum atomic E-state index is 14.5. The number of pyridine rings is 1. The van der Waals surface area contributed by atoms with E-state index in [1.165, 1.54) is 23.2 Å². The molecular weight excluding hydrogens is 454 g/mol. The van der Waals surface area contributed by atoms with Gasteiger partial charge in [0.15, 0.2) is 0 Å². The van der Waals surface area contributed by atoms with Crippen molar-refractivity contribution in [2.75, 3.05) is 34.2 Å². The number of carbonyl (C=O) groups is 3. The van der Waals surface area contributed by atoms with Crippen molar-refractivity contribution < 1.29 is 23.2 Å². The normalized spacial score (nSPS) is 14.9. The number of likely N-dealkylation sites (tertiary alicyclic amines) is 1. The number of amides is 3. The summed E-state index contributed by atoms with van der Waals surface area (Å²) in [5.74, 6) is -1.67. The lowest BCUT2D eigenvalue weighted by atomic mass is 9.84. The molecule has 35 heavy (non-hydrogen) atoms. The summed E-state index contributed by atoms with van der Waals surface area (Å²) in [5, 5.41) is 0. The van der Waals surface area contributed by atoms with E-state index in [4.69, 9.17) is 0 Å². The number of likely N-dealkylation sites (N-methyl/N-ethyl adjacent to an activating group) is 1. The van der Waals surface area contributed by atoms with Crippen LogP contribution in [0.15, 0.2) is 42.7 Å². The lowest BCUT2D eigenvalue weighted by Gasteiger charge is -2.40. The third-order valence-corrected chi connectivity index (χ3v) is 6.66. The van der Waals surface area contributed by atoms with Crippen LogP contribution in [0.1, 0.15) is 41.6 Å². The van der Waals surface area contributed by atoms with Gasteiger partial charge in [0.2, 0.25) is 11.8 Å². The van der Waals surface area contributed by atoms with Gasteiger partial charge in [-0.25, -0.2) is 8.78 Å². The zero-order valence-electron chi connectivity index (χ0n) is 20.4. The maximum absolute atomic E-state index is 14.5. The molecule has 1 aliphatic rings. The molecule has 1 aliphatic heterocycles. The summed E-state index contributed by atoms with van der Waals surface area (Å²) in [6.07, 6.45) is 4.89. The van der Waals surface area contributed by atoms with E-state index in [1.54, 1.807) is 49.3 Å². The number of rotatable bonds is 8. The van der Waals surface area contributed by atoms with Crippen LogP contribution >= 0.6 is 0 Å². The fourth-order valence-corrected chi connectivity index (χ4v) is 4.51. The van der Waals surface area contributed by atoms with E-state index < -0.39 is 11.6 Å². The van der Waals surface area contributed by atoms with Crippen LogP contribution in [0.25, 0.3) is 0 Å². The van der Waals surface area contributed by atoms with E-state index in [1.807, 2.05) is 0 Å². The van der Waals surface area contributed by atoms with Crippen LogP contribution in [0.3, 0.4) is 0 Å². The zero-order chi connectivity index (χ0) is 25.5. The van der Waals surface area contributed by atoms with Gasteiger partial charge in [0.1, 0.15) is 11.6 Å². The number of halogens is 2. The molecule has 1 fully saturated rings. The lowest BCUT2D eigenvalue weighted by molar-refractivity contribution is -0.137. The largest absolute Gasteiger partial charge is 0.349 e. The van der Waals surface area contributed by atoms with Crippen molar-refractivity contribution in [3.05, 3.63) is 65.5 Å². The third kappa shape index (κ3) is 6.83. The second-order valence-corrected chi connectivity index (χ2v) is 9.17. The van der Waals surface area contributed by atoms with E-state index in [2.05, 4.69) is 4.98 Å². The highest BCUT2D eigenvalue weighted by Gasteiger charge is 2.33. The molecule has 1 saturated heterocycles. The average Bonchev–Trinajstić information content (AvgIpc) is 2.86. The first kappa shape index (κ1) is 26.2. The van der Waals surface area contributed by atoms with E-state index in [-0.39, 0.29) is 48.9 Å². The molecule has 0 unspecified atom stereocenters. The van der Waals surface area contributed by atoms with Crippen LogP contribution < -0.4 is 0 Å². The van der Waals surface area contributed by atoms with Crippen molar-refractivity contribution in [3.8, 4) is 0 Å². The summed E-state index contributed by atoms with van der Waals surface area (Å²) in [7, 11) is 5.00.